The van der Waals surface area contributed by atoms with Gasteiger partial charge in [0.2, 0.25) is 0 Å². The second-order valence-corrected chi connectivity index (χ2v) is 9.88. The number of hydrogen-bond donors (Lipinski definition) is 4. The first-order chi connectivity index (χ1) is 18.2. The van der Waals surface area contributed by atoms with Gasteiger partial charge in [-0.1, -0.05) is 5.11 Å². The Balaban J connectivity index is 1.83. The lowest BCUT2D eigenvalue weighted by Crippen LogP contribution is -2.50. The van der Waals surface area contributed by atoms with Gasteiger partial charge in [0.05, 0.1) is 43.4 Å². The first kappa shape index (κ1) is 29.0. The van der Waals surface area contributed by atoms with Crippen molar-refractivity contribution >= 4 is 23.0 Å². The number of nitrogens with zero attached hydrogens (tertiary/aromatic N) is 6. The molecule has 3 rings (SSSR count). The number of nitrogens with two attached hydrogens (primary N) is 3. The van der Waals surface area contributed by atoms with Gasteiger partial charge >= 0.3 is 5.95 Å². The largest absolute Gasteiger partial charge is 0.421 e. The summed E-state index contributed by atoms with van der Waals surface area (Å²) in [6.45, 7) is 9.05. The van der Waals surface area contributed by atoms with Crippen molar-refractivity contribution in [2.75, 3.05) is 62.2 Å². The summed E-state index contributed by atoms with van der Waals surface area (Å²) in [5.74, 6) is 0.891. The molecule has 2 aromatic rings. The van der Waals surface area contributed by atoms with Crippen LogP contribution in [0.15, 0.2) is 40.8 Å². The minimum Gasteiger partial charge on any atom is -0.368 e. The molecule has 0 unspecified atom stereocenters. The average molecular weight is 515 g/mol. The Hall–Kier alpha value is -2.53. The Bertz CT molecular complexity index is 914. The zero-order valence-corrected chi connectivity index (χ0v) is 22.7. The van der Waals surface area contributed by atoms with E-state index in [2.05, 4.69) is 55.3 Å². The molecule has 0 bridgehead atoms. The van der Waals surface area contributed by atoms with E-state index in [9.17, 15) is 0 Å². The fourth-order valence-corrected chi connectivity index (χ4v) is 4.85. The number of aromatic nitrogens is 2. The lowest BCUT2D eigenvalue weighted by Gasteiger charge is -2.39. The highest BCUT2D eigenvalue weighted by atomic mass is 15.3. The summed E-state index contributed by atoms with van der Waals surface area (Å²) in [4.78, 5) is 4.97. The predicted octanol–water partition coefficient (Wildman–Crippen LogP) is 2.06. The number of azo groups is 1. The van der Waals surface area contributed by atoms with Crippen molar-refractivity contribution < 1.29 is 10.3 Å². The third-order valence-corrected chi connectivity index (χ3v) is 6.99. The second-order valence-electron chi connectivity index (χ2n) is 9.88. The van der Waals surface area contributed by atoms with Crippen LogP contribution >= 0.6 is 0 Å². The average Bonchev–Trinajstić information content (AvgIpc) is 3.30. The number of quaternary nitrogens is 1. The molecule has 0 spiro atoms. The van der Waals surface area contributed by atoms with Crippen LogP contribution in [0, 0.1) is 0 Å². The van der Waals surface area contributed by atoms with Gasteiger partial charge in [0, 0.05) is 31.3 Å². The number of aryl methyl sites for hydroxylation is 2. The van der Waals surface area contributed by atoms with E-state index in [1.54, 1.807) is 0 Å². The predicted molar refractivity (Wildman–Crippen MR) is 152 cm³/mol. The molecule has 0 radical (unpaired) electrons. The summed E-state index contributed by atoms with van der Waals surface area (Å²) in [5, 5.41) is 9.50. The molecule has 206 valence electrons. The molecule has 9 N–H and O–H groups in total. The fourth-order valence-electron chi connectivity index (χ4n) is 4.85. The van der Waals surface area contributed by atoms with Crippen LogP contribution in [-0.4, -0.2) is 56.9 Å². The topological polar surface area (TPSA) is 146 Å². The summed E-state index contributed by atoms with van der Waals surface area (Å²) >= 11 is 0. The van der Waals surface area contributed by atoms with Crippen LogP contribution in [0.3, 0.4) is 0 Å². The molecule has 0 aliphatic carbocycles. The Morgan fingerprint density at radius 1 is 0.757 bits per heavy atom. The van der Waals surface area contributed by atoms with Crippen LogP contribution < -0.4 is 37.3 Å². The maximum Gasteiger partial charge on any atom is 0.421 e. The second kappa shape index (κ2) is 16.3. The van der Waals surface area contributed by atoms with Gasteiger partial charge in [-0.2, -0.15) is 0 Å². The Kier molecular flexibility index (Phi) is 12.8. The van der Waals surface area contributed by atoms with Crippen LogP contribution in [-0.2, 0) is 13.1 Å². The molecule has 1 aromatic heterocycles. The van der Waals surface area contributed by atoms with E-state index in [0.717, 1.165) is 122 Å². The van der Waals surface area contributed by atoms with Crippen molar-refractivity contribution in [2.24, 2.45) is 27.4 Å². The van der Waals surface area contributed by atoms with Crippen molar-refractivity contribution in [1.29, 1.82) is 0 Å². The molecule has 10 heteroatoms. The van der Waals surface area contributed by atoms with Crippen LogP contribution in [0.25, 0.3) is 0 Å². The summed E-state index contributed by atoms with van der Waals surface area (Å²) in [6, 6.07) is 6.51. The van der Waals surface area contributed by atoms with Gasteiger partial charge in [-0.3, -0.25) is 0 Å². The molecule has 10 nitrogen and oxygen atoms in total. The highest BCUT2D eigenvalue weighted by Gasteiger charge is 2.23. The van der Waals surface area contributed by atoms with Gasteiger partial charge in [-0.05, 0) is 89.2 Å². The lowest BCUT2D eigenvalue weighted by molar-refractivity contribution is -0.684. The maximum absolute atomic E-state index is 5.76. The van der Waals surface area contributed by atoms with E-state index in [1.165, 1.54) is 11.4 Å². The number of imidazole rings is 1. The van der Waals surface area contributed by atoms with Crippen LogP contribution in [0.4, 0.5) is 23.0 Å². The van der Waals surface area contributed by atoms with E-state index < -0.39 is 0 Å². The molecule has 0 saturated heterocycles. The quantitative estimate of drug-likeness (QED) is 0.137. The fraction of sp³-hybridized carbons (Fsp3) is 0.667. The smallest absolute Gasteiger partial charge is 0.368 e. The molecule has 0 fully saturated rings. The molecule has 2 heterocycles. The molecule has 37 heavy (non-hydrogen) atoms. The number of hydrogen-bond acceptors (Lipinski definition) is 7. The number of fused-ring (bicyclic) bond motifs is 1. The third kappa shape index (κ3) is 8.77. The number of benzene rings is 1. The summed E-state index contributed by atoms with van der Waals surface area (Å²) in [5.41, 5.74) is 24.6. The molecular weight excluding hydrogens is 464 g/mol. The van der Waals surface area contributed by atoms with Gasteiger partial charge in [-0.15, -0.1) is 0 Å². The first-order valence-electron chi connectivity index (χ1n) is 14.3. The van der Waals surface area contributed by atoms with Gasteiger partial charge in [0.1, 0.15) is 5.69 Å². The van der Waals surface area contributed by atoms with Crippen LogP contribution in [0.5, 0.6) is 0 Å². The normalized spacial score (nSPS) is 13.6. The summed E-state index contributed by atoms with van der Waals surface area (Å²) in [6.07, 6.45) is 12.8. The first-order valence-corrected chi connectivity index (χ1v) is 14.3. The standard InChI is InChI=1S/C27H49N10/c28-11-1-5-15-34-19-20-35(16-6-2-12-29)26-23-24(9-10-25(26)34)32-33-27-36(17-7-3-13-30)21-22-37(27)18-8-4-14-31/h9-10,21-23H,1-8,11-20,28-31H2/q+1/p+1. The van der Waals surface area contributed by atoms with E-state index >= 15 is 0 Å². The van der Waals surface area contributed by atoms with Crippen molar-refractivity contribution in [3.05, 3.63) is 30.6 Å². The minimum absolute atomic E-state index is 0.710. The molecule has 1 aromatic carbocycles. The number of rotatable bonds is 18. The van der Waals surface area contributed by atoms with Crippen molar-refractivity contribution in [3.8, 4) is 0 Å². The van der Waals surface area contributed by atoms with Crippen molar-refractivity contribution in [1.82, 2.24) is 4.57 Å². The van der Waals surface area contributed by atoms with Crippen LogP contribution in [0.2, 0.25) is 0 Å². The maximum atomic E-state index is 5.76. The van der Waals surface area contributed by atoms with Gasteiger partial charge in [0.25, 0.3) is 0 Å². The Labute approximate surface area is 222 Å². The minimum atomic E-state index is 0.710. The summed E-state index contributed by atoms with van der Waals surface area (Å²) in [7, 11) is 0. The van der Waals surface area contributed by atoms with E-state index in [-0.39, 0.29) is 0 Å². The molecule has 1 aliphatic rings. The highest BCUT2D eigenvalue weighted by molar-refractivity contribution is 5.76. The third-order valence-electron chi connectivity index (χ3n) is 6.99. The lowest BCUT2D eigenvalue weighted by atomic mass is 10.1. The zero-order chi connectivity index (χ0) is 26.3. The Morgan fingerprint density at radius 3 is 2.08 bits per heavy atom. The number of anilines is 2. The van der Waals surface area contributed by atoms with E-state index in [4.69, 9.17) is 27.4 Å². The van der Waals surface area contributed by atoms with Crippen molar-refractivity contribution in [3.63, 3.8) is 0 Å². The zero-order valence-electron chi connectivity index (χ0n) is 22.7. The Morgan fingerprint density at radius 2 is 1.41 bits per heavy atom. The van der Waals surface area contributed by atoms with Gasteiger partial charge in [-0.25, -0.2) is 9.13 Å². The number of unbranched alkanes of at least 4 members (excludes halogenated alkanes) is 4. The van der Waals surface area contributed by atoms with Crippen molar-refractivity contribution in [2.45, 2.75) is 64.5 Å². The highest BCUT2D eigenvalue weighted by Crippen LogP contribution is 2.37. The molecule has 0 atom stereocenters. The molecule has 0 amide bonds. The van der Waals surface area contributed by atoms with E-state index in [0.29, 0.717) is 6.54 Å². The monoisotopic (exact) mass is 514 g/mol. The molecular formula is C27H50N10+2. The molecule has 1 aliphatic heterocycles. The van der Waals surface area contributed by atoms with Gasteiger partial charge < -0.3 is 32.7 Å². The molecule has 0 saturated carbocycles. The van der Waals surface area contributed by atoms with Crippen LogP contribution in [0.1, 0.15) is 51.4 Å². The summed E-state index contributed by atoms with van der Waals surface area (Å²) < 4.78 is 4.40. The SMILES string of the molecule is NCCCCN1CCN(CCCCN)c2cc(N=Nc3n(CCCC[NH3+])cc[n+]3CCCCN)ccc21. The van der Waals surface area contributed by atoms with E-state index in [1.807, 2.05) is 0 Å². The van der Waals surface area contributed by atoms with Gasteiger partial charge in [0.15, 0.2) is 0 Å².